The number of hydrogen-bond acceptors (Lipinski definition) is 5. The molecule has 6 heteroatoms. The third kappa shape index (κ3) is 3.83. The Morgan fingerprint density at radius 2 is 1.61 bits per heavy atom. The van der Waals surface area contributed by atoms with Crippen molar-refractivity contribution in [3.63, 3.8) is 0 Å². The van der Waals surface area contributed by atoms with Crippen molar-refractivity contribution in [1.29, 1.82) is 0 Å². The number of aromatic nitrogens is 1. The fraction of sp³-hybridized carbons (Fsp3) is 0.0741. The van der Waals surface area contributed by atoms with E-state index in [4.69, 9.17) is 14.1 Å². The third-order valence-electron chi connectivity index (χ3n) is 5.55. The van der Waals surface area contributed by atoms with Crippen LogP contribution < -0.4 is 5.32 Å². The maximum atomic E-state index is 13.5. The molecule has 1 unspecified atom stereocenters. The molecule has 3 aromatic carbocycles. The topological polar surface area (TPSA) is 81.4 Å². The van der Waals surface area contributed by atoms with E-state index in [9.17, 15) is 9.59 Å². The van der Waals surface area contributed by atoms with E-state index in [0.717, 1.165) is 10.8 Å². The fourth-order valence-electron chi connectivity index (χ4n) is 3.92. The minimum atomic E-state index is -0.941. The normalized spacial score (nSPS) is 11.9. The standard InChI is InChI=1S/C27H20N2O4/c1-32-27(31)24(17-9-3-2-4-10-17)29-26(30)21-15-23(28-22-14-8-7-13-20(21)22)25-19-12-6-5-11-18(19)16-33-25/h2-16,24H,1H3,(H,29,30). The maximum absolute atomic E-state index is 13.5. The van der Waals surface area contributed by atoms with E-state index in [1.54, 1.807) is 36.6 Å². The van der Waals surface area contributed by atoms with Gasteiger partial charge in [0, 0.05) is 16.2 Å². The lowest BCUT2D eigenvalue weighted by Crippen LogP contribution is -2.34. The monoisotopic (exact) mass is 436 g/mol. The average Bonchev–Trinajstić information content (AvgIpc) is 3.31. The first kappa shape index (κ1) is 20.5. The summed E-state index contributed by atoms with van der Waals surface area (Å²) in [6.45, 7) is 0. The number of pyridine rings is 1. The molecule has 0 bridgehead atoms. The molecule has 0 aliphatic heterocycles. The molecule has 0 aliphatic carbocycles. The maximum Gasteiger partial charge on any atom is 0.333 e. The van der Waals surface area contributed by atoms with Gasteiger partial charge in [-0.25, -0.2) is 9.78 Å². The number of carbonyl (C=O) groups is 2. The van der Waals surface area contributed by atoms with Crippen molar-refractivity contribution in [1.82, 2.24) is 10.3 Å². The van der Waals surface area contributed by atoms with Gasteiger partial charge in [-0.2, -0.15) is 0 Å². The van der Waals surface area contributed by atoms with Crippen LogP contribution >= 0.6 is 0 Å². The molecule has 33 heavy (non-hydrogen) atoms. The lowest BCUT2D eigenvalue weighted by molar-refractivity contribution is -0.143. The Kier molecular flexibility index (Phi) is 5.32. The molecular formula is C27H20N2O4. The highest BCUT2D eigenvalue weighted by molar-refractivity contribution is 6.08. The van der Waals surface area contributed by atoms with Crippen molar-refractivity contribution in [3.8, 4) is 11.5 Å². The lowest BCUT2D eigenvalue weighted by Gasteiger charge is -2.18. The van der Waals surface area contributed by atoms with Crippen molar-refractivity contribution >= 4 is 33.6 Å². The molecule has 0 spiro atoms. The number of methoxy groups -OCH3 is 1. The van der Waals surface area contributed by atoms with Crippen LogP contribution in [0.3, 0.4) is 0 Å². The number of carbonyl (C=O) groups excluding carboxylic acids is 2. The Labute approximate surface area is 189 Å². The number of nitrogens with one attached hydrogen (secondary N) is 1. The number of hydrogen-bond donors (Lipinski definition) is 1. The van der Waals surface area contributed by atoms with Gasteiger partial charge in [-0.05, 0) is 17.7 Å². The number of esters is 1. The van der Waals surface area contributed by atoms with Gasteiger partial charge in [0.15, 0.2) is 11.8 Å². The van der Waals surface area contributed by atoms with Crippen LogP contribution in [-0.4, -0.2) is 24.0 Å². The fourth-order valence-corrected chi connectivity index (χ4v) is 3.92. The number of rotatable bonds is 5. The number of benzene rings is 3. The van der Waals surface area contributed by atoms with E-state index in [1.807, 2.05) is 54.6 Å². The van der Waals surface area contributed by atoms with E-state index in [-0.39, 0.29) is 0 Å². The number of nitrogens with zero attached hydrogens (tertiary/aromatic N) is 1. The van der Waals surface area contributed by atoms with Gasteiger partial charge in [0.2, 0.25) is 0 Å². The summed E-state index contributed by atoms with van der Waals surface area (Å²) < 4.78 is 10.8. The van der Waals surface area contributed by atoms with Gasteiger partial charge < -0.3 is 14.5 Å². The quantitative estimate of drug-likeness (QED) is 0.379. The van der Waals surface area contributed by atoms with E-state index in [2.05, 4.69) is 5.32 Å². The van der Waals surface area contributed by atoms with Crippen molar-refractivity contribution in [2.24, 2.45) is 0 Å². The summed E-state index contributed by atoms with van der Waals surface area (Å²) in [6.07, 6.45) is 1.67. The Morgan fingerprint density at radius 3 is 2.39 bits per heavy atom. The Morgan fingerprint density at radius 1 is 0.909 bits per heavy atom. The summed E-state index contributed by atoms with van der Waals surface area (Å²) >= 11 is 0. The molecule has 2 heterocycles. The molecule has 0 radical (unpaired) electrons. The van der Waals surface area contributed by atoms with Crippen LogP contribution in [0.1, 0.15) is 22.0 Å². The minimum Gasteiger partial charge on any atom is -0.467 e. The zero-order valence-electron chi connectivity index (χ0n) is 17.8. The summed E-state index contributed by atoms with van der Waals surface area (Å²) in [4.78, 5) is 30.7. The first-order valence-electron chi connectivity index (χ1n) is 10.5. The van der Waals surface area contributed by atoms with Crippen molar-refractivity contribution < 1.29 is 18.7 Å². The summed E-state index contributed by atoms with van der Waals surface area (Å²) in [5.41, 5.74) is 2.21. The smallest absolute Gasteiger partial charge is 0.333 e. The molecule has 5 rings (SSSR count). The molecule has 1 amide bonds. The van der Waals surface area contributed by atoms with Crippen LogP contribution in [0, 0.1) is 0 Å². The van der Waals surface area contributed by atoms with Crippen LogP contribution in [0.4, 0.5) is 0 Å². The minimum absolute atomic E-state index is 0.390. The summed E-state index contributed by atoms with van der Waals surface area (Å²) in [6, 6.07) is 24.9. The first-order valence-corrected chi connectivity index (χ1v) is 10.5. The molecule has 0 fully saturated rings. The van der Waals surface area contributed by atoms with Crippen LogP contribution in [0.5, 0.6) is 0 Å². The Balaban J connectivity index is 1.61. The number of amides is 1. The van der Waals surface area contributed by atoms with Gasteiger partial charge in [-0.1, -0.05) is 72.8 Å². The predicted octanol–water partition coefficient (Wildman–Crippen LogP) is 5.29. The van der Waals surface area contributed by atoms with Crippen LogP contribution in [0.2, 0.25) is 0 Å². The van der Waals surface area contributed by atoms with Crippen molar-refractivity contribution in [3.05, 3.63) is 102 Å². The number of fused-ring (bicyclic) bond motifs is 2. The van der Waals surface area contributed by atoms with E-state index < -0.39 is 17.9 Å². The highest BCUT2D eigenvalue weighted by Crippen LogP contribution is 2.32. The zero-order chi connectivity index (χ0) is 22.8. The highest BCUT2D eigenvalue weighted by atomic mass is 16.5. The molecule has 0 saturated heterocycles. The van der Waals surface area contributed by atoms with Gasteiger partial charge in [0.25, 0.3) is 5.91 Å². The molecule has 0 saturated carbocycles. The van der Waals surface area contributed by atoms with Gasteiger partial charge >= 0.3 is 5.97 Å². The van der Waals surface area contributed by atoms with Crippen molar-refractivity contribution in [2.75, 3.05) is 7.11 Å². The molecule has 0 aliphatic rings. The van der Waals surface area contributed by atoms with Crippen LogP contribution in [0.25, 0.3) is 33.1 Å². The van der Waals surface area contributed by atoms with Gasteiger partial charge in [0.05, 0.1) is 24.5 Å². The predicted molar refractivity (Wildman–Crippen MR) is 126 cm³/mol. The number of ether oxygens (including phenoxy) is 1. The third-order valence-corrected chi connectivity index (χ3v) is 5.55. The average molecular weight is 436 g/mol. The Bertz CT molecular complexity index is 1470. The second kappa shape index (κ2) is 8.59. The van der Waals surface area contributed by atoms with Gasteiger partial charge in [0.1, 0.15) is 5.69 Å². The van der Waals surface area contributed by atoms with E-state index in [0.29, 0.717) is 33.5 Å². The van der Waals surface area contributed by atoms with Crippen LogP contribution in [-0.2, 0) is 9.53 Å². The molecule has 6 nitrogen and oxygen atoms in total. The van der Waals surface area contributed by atoms with Gasteiger partial charge in [-0.3, -0.25) is 4.79 Å². The SMILES string of the molecule is COC(=O)C(NC(=O)c1cc(-c2occ3ccccc23)nc2ccccc12)c1ccccc1. The molecule has 1 N–H and O–H groups in total. The van der Waals surface area contributed by atoms with Gasteiger partial charge in [-0.15, -0.1) is 0 Å². The summed E-state index contributed by atoms with van der Waals surface area (Å²) in [7, 11) is 1.30. The zero-order valence-corrected chi connectivity index (χ0v) is 17.8. The number of para-hydroxylation sites is 1. The summed E-state index contributed by atoms with van der Waals surface area (Å²) in [5, 5.41) is 5.36. The van der Waals surface area contributed by atoms with Crippen LogP contribution in [0.15, 0.2) is 95.6 Å². The molecule has 5 aromatic rings. The second-order valence-electron chi connectivity index (χ2n) is 7.56. The molecular weight excluding hydrogens is 416 g/mol. The Hall–Kier alpha value is -4.45. The van der Waals surface area contributed by atoms with E-state index >= 15 is 0 Å². The largest absolute Gasteiger partial charge is 0.467 e. The van der Waals surface area contributed by atoms with Crippen molar-refractivity contribution in [2.45, 2.75) is 6.04 Å². The van der Waals surface area contributed by atoms with E-state index in [1.165, 1.54) is 7.11 Å². The summed E-state index contributed by atoms with van der Waals surface area (Å²) in [5.74, 6) is -0.381. The second-order valence-corrected chi connectivity index (χ2v) is 7.56. The lowest BCUT2D eigenvalue weighted by atomic mass is 10.0. The highest BCUT2D eigenvalue weighted by Gasteiger charge is 2.25. The molecule has 2 aromatic heterocycles. The molecule has 1 atom stereocenters. The molecule has 162 valence electrons. The number of furan rings is 1. The first-order chi connectivity index (χ1) is 16.2.